The van der Waals surface area contributed by atoms with E-state index in [0.717, 1.165) is 36.0 Å². The molecule has 3 rings (SSSR count). The number of ether oxygens (including phenoxy) is 2. The molecule has 1 aliphatic rings. The van der Waals surface area contributed by atoms with Crippen LogP contribution in [-0.2, 0) is 0 Å². The van der Waals surface area contributed by atoms with Gasteiger partial charge < -0.3 is 20.1 Å². The first-order chi connectivity index (χ1) is 10.6. The van der Waals surface area contributed by atoms with Crippen molar-refractivity contribution in [2.24, 2.45) is 0 Å². The Bertz CT molecular complexity index is 657. The van der Waals surface area contributed by atoms with Crippen LogP contribution in [0.2, 0.25) is 0 Å². The second-order valence-electron chi connectivity index (χ2n) is 5.73. The summed E-state index contributed by atoms with van der Waals surface area (Å²) in [4.78, 5) is 2.24. The predicted molar refractivity (Wildman–Crippen MR) is 89.8 cm³/mol. The highest BCUT2D eigenvalue weighted by atomic mass is 16.5. The van der Waals surface area contributed by atoms with Crippen molar-refractivity contribution in [2.75, 3.05) is 30.3 Å². The van der Waals surface area contributed by atoms with E-state index in [1.165, 1.54) is 5.56 Å². The van der Waals surface area contributed by atoms with Gasteiger partial charge in [0.1, 0.15) is 29.9 Å². The zero-order valence-corrected chi connectivity index (χ0v) is 13.1. The number of aryl methyl sites for hydroxylation is 1. The number of anilines is 2. The summed E-state index contributed by atoms with van der Waals surface area (Å²) < 4.78 is 11.7. The minimum Gasteiger partial charge on any atom is -0.492 e. The van der Waals surface area contributed by atoms with Crippen molar-refractivity contribution in [3.05, 3.63) is 48.0 Å². The lowest BCUT2D eigenvalue weighted by Crippen LogP contribution is -2.41. The van der Waals surface area contributed by atoms with Crippen LogP contribution in [-0.4, -0.2) is 25.8 Å². The molecule has 0 amide bonds. The molecule has 0 aromatic heterocycles. The van der Waals surface area contributed by atoms with Crippen LogP contribution in [0.15, 0.2) is 42.5 Å². The summed E-state index contributed by atoms with van der Waals surface area (Å²) in [6.45, 7) is 6.35. The summed E-state index contributed by atoms with van der Waals surface area (Å²) in [5, 5.41) is 0. The molecule has 0 radical (unpaired) electrons. The Labute approximate surface area is 131 Å². The van der Waals surface area contributed by atoms with Gasteiger partial charge in [-0.2, -0.15) is 0 Å². The Morgan fingerprint density at radius 3 is 2.91 bits per heavy atom. The van der Waals surface area contributed by atoms with Gasteiger partial charge in [0.15, 0.2) is 0 Å². The van der Waals surface area contributed by atoms with E-state index in [-0.39, 0.29) is 6.10 Å². The van der Waals surface area contributed by atoms with Crippen LogP contribution in [0.5, 0.6) is 11.5 Å². The number of hydrogen-bond donors (Lipinski definition) is 1. The molecular formula is C18H22N2O2. The van der Waals surface area contributed by atoms with Crippen LogP contribution in [0.25, 0.3) is 0 Å². The number of nitrogens with two attached hydrogens (primary N) is 1. The third kappa shape index (κ3) is 3.11. The fraction of sp³-hybridized carbons (Fsp3) is 0.333. The van der Waals surface area contributed by atoms with Crippen LogP contribution in [0.4, 0.5) is 11.4 Å². The number of nitrogens with zero attached hydrogens (tertiary/aromatic N) is 1. The fourth-order valence-corrected chi connectivity index (χ4v) is 2.81. The van der Waals surface area contributed by atoms with Gasteiger partial charge in [-0.15, -0.1) is 0 Å². The van der Waals surface area contributed by atoms with Gasteiger partial charge in [0, 0.05) is 0 Å². The minimum absolute atomic E-state index is 0.147. The summed E-state index contributed by atoms with van der Waals surface area (Å²) in [6, 6.07) is 13.9. The molecule has 0 saturated heterocycles. The lowest BCUT2D eigenvalue weighted by molar-refractivity contribution is 0.208. The molecule has 1 aliphatic heterocycles. The van der Waals surface area contributed by atoms with Crippen molar-refractivity contribution in [2.45, 2.75) is 20.0 Å². The second kappa shape index (κ2) is 6.18. The monoisotopic (exact) mass is 298 g/mol. The smallest absolute Gasteiger partial charge is 0.145 e. The topological polar surface area (TPSA) is 47.7 Å². The Morgan fingerprint density at radius 1 is 1.27 bits per heavy atom. The quantitative estimate of drug-likeness (QED) is 0.880. The van der Waals surface area contributed by atoms with E-state index in [1.807, 2.05) is 36.4 Å². The van der Waals surface area contributed by atoms with Gasteiger partial charge in [-0.25, -0.2) is 0 Å². The molecule has 0 aliphatic carbocycles. The fourth-order valence-electron chi connectivity index (χ4n) is 2.81. The molecular weight excluding hydrogens is 276 g/mol. The highest BCUT2D eigenvalue weighted by Gasteiger charge is 2.24. The van der Waals surface area contributed by atoms with Crippen LogP contribution in [0.1, 0.15) is 12.5 Å². The summed E-state index contributed by atoms with van der Waals surface area (Å²) in [5.41, 5.74) is 9.05. The standard InChI is InChI=1S/C18H22N2O2/c1-13-5-3-6-15(11-13)21-10-9-20-12-14(2)22-17-8-4-7-16(19)18(17)20/h3-8,11,14H,9-10,12,19H2,1-2H3. The number of rotatable bonds is 4. The maximum absolute atomic E-state index is 6.12. The number of nitrogen functional groups attached to an aromatic ring is 1. The highest BCUT2D eigenvalue weighted by molar-refractivity contribution is 5.75. The molecule has 1 heterocycles. The van der Waals surface area contributed by atoms with Gasteiger partial charge in [-0.3, -0.25) is 0 Å². The van der Waals surface area contributed by atoms with Gasteiger partial charge in [-0.05, 0) is 43.7 Å². The van der Waals surface area contributed by atoms with Crippen molar-refractivity contribution >= 4 is 11.4 Å². The van der Waals surface area contributed by atoms with Crippen molar-refractivity contribution in [3.8, 4) is 11.5 Å². The van der Waals surface area contributed by atoms with Crippen LogP contribution in [0, 0.1) is 6.92 Å². The summed E-state index contributed by atoms with van der Waals surface area (Å²) in [6.07, 6.45) is 0.147. The molecule has 1 atom stereocenters. The molecule has 0 bridgehead atoms. The molecule has 0 saturated carbocycles. The molecule has 0 fully saturated rings. The van der Waals surface area contributed by atoms with E-state index in [2.05, 4.69) is 24.8 Å². The molecule has 1 unspecified atom stereocenters. The van der Waals surface area contributed by atoms with Gasteiger partial charge in [0.05, 0.1) is 18.8 Å². The molecule has 116 valence electrons. The largest absolute Gasteiger partial charge is 0.492 e. The molecule has 0 spiro atoms. The van der Waals surface area contributed by atoms with Gasteiger partial charge >= 0.3 is 0 Å². The van der Waals surface area contributed by atoms with E-state index >= 15 is 0 Å². The average Bonchev–Trinajstić information content (AvgIpc) is 2.47. The number of hydrogen-bond acceptors (Lipinski definition) is 4. The van der Waals surface area contributed by atoms with E-state index in [4.69, 9.17) is 15.2 Å². The molecule has 22 heavy (non-hydrogen) atoms. The van der Waals surface area contributed by atoms with Crippen molar-refractivity contribution in [1.82, 2.24) is 0 Å². The maximum atomic E-state index is 6.12. The number of benzene rings is 2. The number of fused-ring (bicyclic) bond motifs is 1. The molecule has 4 heteroatoms. The second-order valence-corrected chi connectivity index (χ2v) is 5.73. The van der Waals surface area contributed by atoms with Crippen LogP contribution in [0.3, 0.4) is 0 Å². The normalized spacial score (nSPS) is 16.8. The van der Waals surface area contributed by atoms with Crippen molar-refractivity contribution < 1.29 is 9.47 Å². The summed E-state index contributed by atoms with van der Waals surface area (Å²) in [5.74, 6) is 1.76. The average molecular weight is 298 g/mol. The third-order valence-electron chi connectivity index (χ3n) is 3.77. The van der Waals surface area contributed by atoms with Gasteiger partial charge in [0.25, 0.3) is 0 Å². The van der Waals surface area contributed by atoms with Crippen LogP contribution < -0.4 is 20.1 Å². The van der Waals surface area contributed by atoms with E-state index in [1.54, 1.807) is 0 Å². The van der Waals surface area contributed by atoms with Crippen LogP contribution >= 0.6 is 0 Å². The molecule has 2 aromatic rings. The first-order valence-electron chi connectivity index (χ1n) is 7.63. The van der Waals surface area contributed by atoms with Crippen molar-refractivity contribution in [1.29, 1.82) is 0 Å². The lowest BCUT2D eigenvalue weighted by Gasteiger charge is -2.35. The van der Waals surface area contributed by atoms with E-state index in [0.29, 0.717) is 6.61 Å². The minimum atomic E-state index is 0.147. The lowest BCUT2D eigenvalue weighted by atomic mass is 10.1. The number of para-hydroxylation sites is 1. The zero-order valence-electron chi connectivity index (χ0n) is 13.1. The molecule has 4 nitrogen and oxygen atoms in total. The first-order valence-corrected chi connectivity index (χ1v) is 7.63. The Morgan fingerprint density at radius 2 is 2.09 bits per heavy atom. The SMILES string of the molecule is Cc1cccc(OCCN2CC(C)Oc3cccc(N)c32)c1. The van der Waals surface area contributed by atoms with Crippen molar-refractivity contribution in [3.63, 3.8) is 0 Å². The predicted octanol–water partition coefficient (Wildman–Crippen LogP) is 3.24. The maximum Gasteiger partial charge on any atom is 0.145 e. The van der Waals surface area contributed by atoms with Gasteiger partial charge in [0.2, 0.25) is 0 Å². The third-order valence-corrected chi connectivity index (χ3v) is 3.77. The van der Waals surface area contributed by atoms with E-state index < -0.39 is 0 Å². The van der Waals surface area contributed by atoms with Gasteiger partial charge in [-0.1, -0.05) is 18.2 Å². The van der Waals surface area contributed by atoms with E-state index in [9.17, 15) is 0 Å². The zero-order chi connectivity index (χ0) is 15.5. The molecule has 2 N–H and O–H groups in total. The molecule has 2 aromatic carbocycles. The Hall–Kier alpha value is -2.36. The summed E-state index contributed by atoms with van der Waals surface area (Å²) in [7, 11) is 0. The first kappa shape index (κ1) is 14.6. The Kier molecular flexibility index (Phi) is 4.09. The Balaban J connectivity index is 1.68. The highest BCUT2D eigenvalue weighted by Crippen LogP contribution is 2.37. The summed E-state index contributed by atoms with van der Waals surface area (Å²) >= 11 is 0.